The molecule has 0 aromatic heterocycles. The Kier molecular flexibility index (Phi) is 6.14. The van der Waals surface area contributed by atoms with Crippen molar-refractivity contribution in [3.8, 4) is 0 Å². The van der Waals surface area contributed by atoms with Crippen LogP contribution in [-0.2, 0) is 4.18 Å². The van der Waals surface area contributed by atoms with E-state index >= 15 is 0 Å². The quantitative estimate of drug-likeness (QED) is 0.361. The summed E-state index contributed by atoms with van der Waals surface area (Å²) in [4.78, 5) is 0. The number of hydrogen-bond donors (Lipinski definition) is 1. The molecule has 0 unspecified atom stereocenters. The van der Waals surface area contributed by atoms with Gasteiger partial charge in [0.1, 0.15) is 0 Å². The standard InChI is InChI=1S/C6H12O2S/c1-6(2)5-8-9-4-3-7/h7H,1,3-5H2,2H3. The van der Waals surface area contributed by atoms with Crippen LogP contribution in [0.25, 0.3) is 0 Å². The second kappa shape index (κ2) is 6.13. The Bertz CT molecular complexity index is 83.1. The monoisotopic (exact) mass is 148 g/mol. The maximum absolute atomic E-state index is 8.31. The fourth-order valence-electron chi connectivity index (χ4n) is 0.238. The van der Waals surface area contributed by atoms with Crippen LogP contribution < -0.4 is 0 Å². The van der Waals surface area contributed by atoms with E-state index in [1.807, 2.05) is 6.92 Å². The molecule has 0 aliphatic carbocycles. The summed E-state index contributed by atoms with van der Waals surface area (Å²) in [6.45, 7) is 6.30. The van der Waals surface area contributed by atoms with Crippen LogP contribution in [0.4, 0.5) is 0 Å². The molecule has 0 aliphatic rings. The molecule has 0 aromatic rings. The highest BCUT2D eigenvalue weighted by atomic mass is 32.2. The first-order valence-corrected chi connectivity index (χ1v) is 3.68. The Hall–Kier alpha value is 0.01000. The highest BCUT2D eigenvalue weighted by Crippen LogP contribution is 2.02. The normalized spacial score (nSPS) is 9.56. The van der Waals surface area contributed by atoms with Gasteiger partial charge in [-0.15, -0.1) is 0 Å². The van der Waals surface area contributed by atoms with Crippen LogP contribution in [0.5, 0.6) is 0 Å². The van der Waals surface area contributed by atoms with Crippen molar-refractivity contribution in [1.82, 2.24) is 0 Å². The summed E-state index contributed by atoms with van der Waals surface area (Å²) in [7, 11) is 0. The second-order valence-electron chi connectivity index (χ2n) is 1.76. The van der Waals surface area contributed by atoms with E-state index in [1.165, 1.54) is 12.0 Å². The van der Waals surface area contributed by atoms with Gasteiger partial charge in [-0.2, -0.15) is 0 Å². The van der Waals surface area contributed by atoms with Gasteiger partial charge in [-0.05, 0) is 19.0 Å². The zero-order chi connectivity index (χ0) is 7.11. The van der Waals surface area contributed by atoms with Crippen LogP contribution in [0.3, 0.4) is 0 Å². The molecule has 0 spiro atoms. The van der Waals surface area contributed by atoms with Gasteiger partial charge in [0.2, 0.25) is 0 Å². The van der Waals surface area contributed by atoms with Gasteiger partial charge in [0, 0.05) is 5.75 Å². The lowest BCUT2D eigenvalue weighted by Crippen LogP contribution is -1.91. The molecule has 0 radical (unpaired) electrons. The van der Waals surface area contributed by atoms with Gasteiger partial charge in [0.25, 0.3) is 0 Å². The van der Waals surface area contributed by atoms with Crippen LogP contribution in [-0.4, -0.2) is 24.1 Å². The van der Waals surface area contributed by atoms with Crippen molar-refractivity contribution in [2.24, 2.45) is 0 Å². The molecule has 54 valence electrons. The second-order valence-corrected chi connectivity index (χ2v) is 2.64. The number of aliphatic hydroxyl groups is 1. The molecule has 1 N–H and O–H groups in total. The van der Waals surface area contributed by atoms with E-state index in [4.69, 9.17) is 9.29 Å². The summed E-state index contributed by atoms with van der Waals surface area (Å²) in [5, 5.41) is 8.31. The molecule has 0 fully saturated rings. The minimum Gasteiger partial charge on any atom is -0.395 e. The van der Waals surface area contributed by atoms with Gasteiger partial charge < -0.3 is 9.29 Å². The summed E-state index contributed by atoms with van der Waals surface area (Å²) in [6.07, 6.45) is 0. The Morgan fingerprint density at radius 1 is 1.78 bits per heavy atom. The predicted molar refractivity (Wildman–Crippen MR) is 40.3 cm³/mol. The highest BCUT2D eigenvalue weighted by molar-refractivity contribution is 7.94. The van der Waals surface area contributed by atoms with Gasteiger partial charge >= 0.3 is 0 Å². The zero-order valence-corrected chi connectivity index (χ0v) is 6.41. The molecule has 0 aromatic carbocycles. The average Bonchev–Trinajstić information content (AvgIpc) is 1.80. The van der Waals surface area contributed by atoms with Crippen LogP contribution in [0.2, 0.25) is 0 Å². The smallest absolute Gasteiger partial charge is 0.0819 e. The molecule has 2 nitrogen and oxygen atoms in total. The molecular weight excluding hydrogens is 136 g/mol. The Morgan fingerprint density at radius 2 is 2.44 bits per heavy atom. The van der Waals surface area contributed by atoms with Crippen LogP contribution in [0.1, 0.15) is 6.92 Å². The molecule has 0 saturated carbocycles. The molecule has 0 rings (SSSR count). The fourth-order valence-corrected chi connectivity index (χ4v) is 0.715. The average molecular weight is 148 g/mol. The summed E-state index contributed by atoms with van der Waals surface area (Å²) in [5.41, 5.74) is 1.00. The lowest BCUT2D eigenvalue weighted by atomic mass is 10.4. The van der Waals surface area contributed by atoms with Crippen molar-refractivity contribution in [3.05, 3.63) is 12.2 Å². The molecule has 0 heterocycles. The van der Waals surface area contributed by atoms with E-state index in [2.05, 4.69) is 6.58 Å². The summed E-state index contributed by atoms with van der Waals surface area (Å²) < 4.78 is 4.99. The van der Waals surface area contributed by atoms with E-state index in [9.17, 15) is 0 Å². The Balaban J connectivity index is 2.83. The maximum atomic E-state index is 8.31. The fraction of sp³-hybridized carbons (Fsp3) is 0.667. The van der Waals surface area contributed by atoms with Gasteiger partial charge in [0.15, 0.2) is 0 Å². The summed E-state index contributed by atoms with van der Waals surface area (Å²) in [6, 6.07) is 0. The van der Waals surface area contributed by atoms with Crippen molar-refractivity contribution in [2.75, 3.05) is 19.0 Å². The van der Waals surface area contributed by atoms with E-state index in [0.717, 1.165) is 5.57 Å². The first-order valence-electron chi connectivity index (χ1n) is 2.77. The molecule has 0 saturated heterocycles. The lowest BCUT2D eigenvalue weighted by molar-refractivity contribution is 0.318. The van der Waals surface area contributed by atoms with Crippen LogP contribution in [0, 0.1) is 0 Å². The zero-order valence-electron chi connectivity index (χ0n) is 5.59. The van der Waals surface area contributed by atoms with E-state index < -0.39 is 0 Å². The van der Waals surface area contributed by atoms with Gasteiger partial charge in [-0.1, -0.05) is 12.2 Å². The third-order valence-electron chi connectivity index (χ3n) is 0.563. The summed E-state index contributed by atoms with van der Waals surface area (Å²) >= 11 is 1.27. The highest BCUT2D eigenvalue weighted by Gasteiger charge is 1.87. The largest absolute Gasteiger partial charge is 0.395 e. The lowest BCUT2D eigenvalue weighted by Gasteiger charge is -1.98. The molecule has 0 aliphatic heterocycles. The number of hydrogen-bond acceptors (Lipinski definition) is 3. The van der Waals surface area contributed by atoms with Crippen molar-refractivity contribution in [1.29, 1.82) is 0 Å². The first-order chi connectivity index (χ1) is 4.27. The molecule has 0 amide bonds. The van der Waals surface area contributed by atoms with Crippen molar-refractivity contribution in [2.45, 2.75) is 6.92 Å². The molecule has 9 heavy (non-hydrogen) atoms. The summed E-state index contributed by atoms with van der Waals surface area (Å²) in [5.74, 6) is 0.632. The number of aliphatic hydroxyl groups excluding tert-OH is 1. The topological polar surface area (TPSA) is 29.5 Å². The predicted octanol–water partition coefficient (Wildman–Crippen LogP) is 1.22. The Labute approximate surface area is 60.1 Å². The van der Waals surface area contributed by atoms with Crippen molar-refractivity contribution >= 4 is 12.0 Å². The molecular formula is C6H12O2S. The van der Waals surface area contributed by atoms with E-state index in [-0.39, 0.29) is 6.61 Å². The van der Waals surface area contributed by atoms with Crippen LogP contribution in [0.15, 0.2) is 12.2 Å². The van der Waals surface area contributed by atoms with Gasteiger partial charge in [0.05, 0.1) is 13.2 Å². The van der Waals surface area contributed by atoms with E-state index in [0.29, 0.717) is 12.4 Å². The van der Waals surface area contributed by atoms with Gasteiger partial charge in [-0.3, -0.25) is 0 Å². The molecule has 0 bridgehead atoms. The third kappa shape index (κ3) is 8.01. The molecule has 0 atom stereocenters. The van der Waals surface area contributed by atoms with Crippen LogP contribution >= 0.6 is 12.0 Å². The number of rotatable bonds is 5. The van der Waals surface area contributed by atoms with Crippen molar-refractivity contribution < 1.29 is 9.29 Å². The molecule has 3 heteroatoms. The Morgan fingerprint density at radius 3 is 2.89 bits per heavy atom. The van der Waals surface area contributed by atoms with E-state index in [1.54, 1.807) is 0 Å². The first kappa shape index (κ1) is 9.01. The van der Waals surface area contributed by atoms with Crippen molar-refractivity contribution in [3.63, 3.8) is 0 Å². The van der Waals surface area contributed by atoms with Gasteiger partial charge in [-0.25, -0.2) is 0 Å². The SMILES string of the molecule is C=C(C)COSCCO. The maximum Gasteiger partial charge on any atom is 0.0819 e. The minimum absolute atomic E-state index is 0.168. The minimum atomic E-state index is 0.168. The third-order valence-corrected chi connectivity index (χ3v) is 1.20.